The molecular weight excluding hydrogens is 255 g/mol. The van der Waals surface area contributed by atoms with E-state index < -0.39 is 8.03 Å². The molecule has 0 fully saturated rings. The van der Waals surface area contributed by atoms with E-state index in [1.54, 1.807) is 0 Å². The Labute approximate surface area is 110 Å². The fourth-order valence-corrected chi connectivity index (χ4v) is 1.70. The highest BCUT2D eigenvalue weighted by Gasteiger charge is 2.18. The molecule has 0 aliphatic rings. The van der Waals surface area contributed by atoms with Crippen molar-refractivity contribution in [2.45, 2.75) is 46.0 Å². The van der Waals surface area contributed by atoms with Gasteiger partial charge < -0.3 is 9.47 Å². The van der Waals surface area contributed by atoms with E-state index >= 15 is 0 Å². The summed E-state index contributed by atoms with van der Waals surface area (Å²) < 4.78 is 26.4. The predicted molar refractivity (Wildman–Crippen MR) is 69.8 cm³/mol. The van der Waals surface area contributed by atoms with Crippen LogP contribution >= 0.6 is 8.03 Å². The lowest BCUT2D eigenvalue weighted by Crippen LogP contribution is -2.08. The van der Waals surface area contributed by atoms with Crippen LogP contribution in [0, 0.1) is 0 Å². The van der Waals surface area contributed by atoms with Crippen LogP contribution in [0.5, 0.6) is 0 Å². The van der Waals surface area contributed by atoms with Gasteiger partial charge in [-0.2, -0.15) is 0 Å². The van der Waals surface area contributed by atoms with Gasteiger partial charge in [-0.3, -0.25) is 4.79 Å². The molecule has 0 rings (SSSR count). The van der Waals surface area contributed by atoms with Crippen molar-refractivity contribution in [1.29, 1.82) is 0 Å². The number of unbranched alkanes of at least 4 members (excludes halogenated alkanes) is 2. The number of rotatable bonds is 12. The van der Waals surface area contributed by atoms with E-state index in [1.165, 1.54) is 0 Å². The van der Waals surface area contributed by atoms with Gasteiger partial charge in [0.2, 0.25) is 0 Å². The van der Waals surface area contributed by atoms with Crippen molar-refractivity contribution in [3.63, 3.8) is 0 Å². The second-order valence-electron chi connectivity index (χ2n) is 3.88. The molecule has 0 spiro atoms. The lowest BCUT2D eigenvalue weighted by molar-refractivity contribution is -0.144. The molecule has 0 saturated carbocycles. The van der Waals surface area contributed by atoms with Gasteiger partial charge in [0, 0.05) is 0 Å². The molecule has 0 saturated heterocycles. The number of hydrogen-bond acceptors (Lipinski definition) is 5. The number of esters is 1. The number of carbonyl (C=O) groups excluding carboxylic acids is 1. The first-order valence-electron chi connectivity index (χ1n) is 6.51. The molecule has 0 bridgehead atoms. The van der Waals surface area contributed by atoms with Gasteiger partial charge in [-0.1, -0.05) is 26.7 Å². The van der Waals surface area contributed by atoms with Gasteiger partial charge in [0.05, 0.1) is 19.6 Å². The minimum atomic E-state index is -1.82. The molecule has 0 aliphatic carbocycles. The zero-order valence-corrected chi connectivity index (χ0v) is 12.2. The van der Waals surface area contributed by atoms with Crippen LogP contribution < -0.4 is 0 Å². The van der Waals surface area contributed by atoms with Gasteiger partial charge >= 0.3 is 14.0 Å². The highest BCUT2D eigenvalue weighted by molar-refractivity contribution is 7.38. The first-order valence-corrected chi connectivity index (χ1v) is 7.87. The van der Waals surface area contributed by atoms with E-state index in [9.17, 15) is 9.36 Å². The Hall–Kier alpha value is -0.510. The summed E-state index contributed by atoms with van der Waals surface area (Å²) in [6.45, 7) is 5.25. The van der Waals surface area contributed by atoms with Crippen molar-refractivity contribution in [2.24, 2.45) is 0 Å². The topological polar surface area (TPSA) is 61.8 Å². The Balaban J connectivity index is 3.35. The molecule has 0 heterocycles. The second-order valence-corrected chi connectivity index (χ2v) is 5.06. The third-order valence-electron chi connectivity index (χ3n) is 2.14. The fraction of sp³-hybridized carbons (Fsp3) is 0.917. The van der Waals surface area contributed by atoms with Gasteiger partial charge in [0.15, 0.2) is 0 Å². The average molecular weight is 279 g/mol. The van der Waals surface area contributed by atoms with E-state index in [-0.39, 0.29) is 25.3 Å². The quantitative estimate of drug-likeness (QED) is 0.312. The average Bonchev–Trinajstić information content (AvgIpc) is 2.35. The maximum absolute atomic E-state index is 11.3. The molecule has 0 aromatic heterocycles. The van der Waals surface area contributed by atoms with Gasteiger partial charge in [-0.25, -0.2) is 0 Å². The lowest BCUT2D eigenvalue weighted by Gasteiger charge is -2.01. The third-order valence-corrected chi connectivity index (χ3v) is 3.01. The molecule has 0 amide bonds. The molecule has 0 aromatic rings. The summed E-state index contributed by atoms with van der Waals surface area (Å²) in [5.74, 6) is -0.307. The zero-order chi connectivity index (χ0) is 13.6. The maximum Gasteiger partial charge on any atom is 0.537 e. The standard InChI is InChI=1S/C12H24O5P/c1-3-5-8-15-11-18(14)17-10-7-12(13)16-9-6-4-2/h3-11H2,1-2H3/q+1. The van der Waals surface area contributed by atoms with Crippen LogP contribution in [0.4, 0.5) is 0 Å². The Kier molecular flexibility index (Phi) is 12.6. The molecule has 0 radical (unpaired) electrons. The zero-order valence-electron chi connectivity index (χ0n) is 11.4. The molecule has 0 N–H and O–H groups in total. The predicted octanol–water partition coefficient (Wildman–Crippen LogP) is 3.25. The van der Waals surface area contributed by atoms with Crippen LogP contribution in [0.25, 0.3) is 0 Å². The van der Waals surface area contributed by atoms with E-state index in [0.29, 0.717) is 13.2 Å². The monoisotopic (exact) mass is 279 g/mol. The first kappa shape index (κ1) is 17.5. The van der Waals surface area contributed by atoms with E-state index in [0.717, 1.165) is 25.7 Å². The molecule has 5 nitrogen and oxygen atoms in total. The molecule has 0 aromatic carbocycles. The summed E-state index contributed by atoms with van der Waals surface area (Å²) in [7, 11) is -1.82. The number of carbonyl (C=O) groups is 1. The van der Waals surface area contributed by atoms with Crippen molar-refractivity contribution in [1.82, 2.24) is 0 Å². The SMILES string of the molecule is CCCCOC[P+](=O)OCCC(=O)OCCCC. The Morgan fingerprint density at radius 1 is 1.06 bits per heavy atom. The number of hydrogen-bond donors (Lipinski definition) is 0. The minimum Gasteiger partial charge on any atom is -0.466 e. The summed E-state index contributed by atoms with van der Waals surface area (Å²) in [6.07, 6.45) is 4.09. The molecule has 1 unspecified atom stereocenters. The van der Waals surface area contributed by atoms with Crippen molar-refractivity contribution in [3.8, 4) is 0 Å². The molecule has 1 atom stereocenters. The highest BCUT2D eigenvalue weighted by atomic mass is 31.1. The van der Waals surface area contributed by atoms with E-state index in [1.807, 2.05) is 6.92 Å². The lowest BCUT2D eigenvalue weighted by atomic mass is 10.4. The van der Waals surface area contributed by atoms with Gasteiger partial charge in [0.25, 0.3) is 6.35 Å². The Bertz CT molecular complexity index is 233. The maximum atomic E-state index is 11.3. The molecule has 18 heavy (non-hydrogen) atoms. The Morgan fingerprint density at radius 2 is 1.72 bits per heavy atom. The van der Waals surface area contributed by atoms with Crippen molar-refractivity contribution >= 4 is 14.0 Å². The van der Waals surface area contributed by atoms with Crippen molar-refractivity contribution in [3.05, 3.63) is 0 Å². The van der Waals surface area contributed by atoms with Gasteiger partial charge in [-0.15, -0.1) is 4.52 Å². The number of ether oxygens (including phenoxy) is 2. The summed E-state index contributed by atoms with van der Waals surface area (Å²) in [5.41, 5.74) is 0. The van der Waals surface area contributed by atoms with Crippen molar-refractivity contribution in [2.75, 3.05) is 26.2 Å². The Morgan fingerprint density at radius 3 is 2.39 bits per heavy atom. The van der Waals surface area contributed by atoms with Crippen molar-refractivity contribution < 1.29 is 23.4 Å². The van der Waals surface area contributed by atoms with Gasteiger partial charge in [0.1, 0.15) is 6.61 Å². The summed E-state index contributed by atoms with van der Waals surface area (Å²) in [4.78, 5) is 11.2. The van der Waals surface area contributed by atoms with Crippen LogP contribution in [-0.2, 0) is 23.4 Å². The minimum absolute atomic E-state index is 0.0974. The van der Waals surface area contributed by atoms with E-state index in [2.05, 4.69) is 6.92 Å². The third kappa shape index (κ3) is 12.0. The second kappa shape index (κ2) is 12.9. The molecule has 0 aliphatic heterocycles. The molecule has 106 valence electrons. The highest BCUT2D eigenvalue weighted by Crippen LogP contribution is 2.22. The van der Waals surface area contributed by atoms with Gasteiger partial charge in [-0.05, 0) is 17.4 Å². The van der Waals surface area contributed by atoms with Crippen LogP contribution in [0.2, 0.25) is 0 Å². The summed E-state index contributed by atoms with van der Waals surface area (Å²) >= 11 is 0. The van der Waals surface area contributed by atoms with Crippen LogP contribution in [-0.4, -0.2) is 32.1 Å². The van der Waals surface area contributed by atoms with Crippen LogP contribution in [0.1, 0.15) is 46.0 Å². The summed E-state index contributed by atoms with van der Waals surface area (Å²) in [6, 6.07) is 0. The van der Waals surface area contributed by atoms with E-state index in [4.69, 9.17) is 14.0 Å². The largest absolute Gasteiger partial charge is 0.537 e. The first-order chi connectivity index (χ1) is 8.70. The fourth-order valence-electron chi connectivity index (χ4n) is 1.06. The normalized spacial score (nSPS) is 11.3. The van der Waals surface area contributed by atoms with Crippen LogP contribution in [0.3, 0.4) is 0 Å². The summed E-state index contributed by atoms with van der Waals surface area (Å²) in [5, 5.41) is 0. The smallest absolute Gasteiger partial charge is 0.466 e. The molecule has 6 heteroatoms. The molecular formula is C12H24O5P+. The van der Waals surface area contributed by atoms with Crippen LogP contribution in [0.15, 0.2) is 0 Å².